The zero-order valence-electron chi connectivity index (χ0n) is 11.9. The first-order valence-corrected chi connectivity index (χ1v) is 6.74. The van der Waals surface area contributed by atoms with Crippen molar-refractivity contribution in [1.82, 2.24) is 10.2 Å². The topological polar surface area (TPSA) is 78.9 Å². The van der Waals surface area contributed by atoms with Gasteiger partial charge < -0.3 is 20.1 Å². The molecule has 2 atom stereocenters. The molecule has 0 aliphatic carbocycles. The lowest BCUT2D eigenvalue weighted by molar-refractivity contribution is -0.140. The van der Waals surface area contributed by atoms with Crippen LogP contribution in [0.25, 0.3) is 0 Å². The van der Waals surface area contributed by atoms with Crippen LogP contribution in [0, 0.1) is 11.8 Å². The summed E-state index contributed by atoms with van der Waals surface area (Å²) in [5.74, 6) is -0.808. The minimum absolute atomic E-state index is 0.145. The van der Waals surface area contributed by atoms with Gasteiger partial charge in [0.2, 0.25) is 0 Å². The maximum atomic E-state index is 11.9. The molecule has 0 radical (unpaired) electrons. The molecular weight excluding hydrogens is 248 g/mol. The van der Waals surface area contributed by atoms with E-state index in [0.29, 0.717) is 19.1 Å². The normalized spacial score (nSPS) is 20.9. The van der Waals surface area contributed by atoms with Crippen molar-refractivity contribution in [3.05, 3.63) is 0 Å². The number of rotatable bonds is 5. The van der Waals surface area contributed by atoms with Crippen molar-refractivity contribution in [2.24, 2.45) is 11.8 Å². The smallest absolute Gasteiger partial charge is 0.326 e. The van der Waals surface area contributed by atoms with Crippen molar-refractivity contribution in [1.29, 1.82) is 0 Å². The summed E-state index contributed by atoms with van der Waals surface area (Å²) in [5.41, 5.74) is 0. The molecule has 1 fully saturated rings. The van der Waals surface area contributed by atoms with Gasteiger partial charge in [0.05, 0.1) is 6.61 Å². The lowest BCUT2D eigenvalue weighted by Gasteiger charge is -2.28. The van der Waals surface area contributed by atoms with E-state index in [4.69, 9.17) is 9.84 Å². The molecule has 1 unspecified atom stereocenters. The molecule has 0 aromatic rings. The second-order valence-electron chi connectivity index (χ2n) is 5.47. The van der Waals surface area contributed by atoms with E-state index >= 15 is 0 Å². The van der Waals surface area contributed by atoms with Crippen molar-refractivity contribution in [2.45, 2.75) is 32.7 Å². The van der Waals surface area contributed by atoms with Crippen molar-refractivity contribution in [3.63, 3.8) is 0 Å². The zero-order chi connectivity index (χ0) is 14.4. The van der Waals surface area contributed by atoms with E-state index < -0.39 is 12.0 Å². The van der Waals surface area contributed by atoms with Gasteiger partial charge in [-0.15, -0.1) is 0 Å². The van der Waals surface area contributed by atoms with E-state index in [2.05, 4.69) is 5.32 Å². The van der Waals surface area contributed by atoms with Crippen LogP contribution in [0.2, 0.25) is 0 Å². The quantitative estimate of drug-likeness (QED) is 0.787. The molecule has 0 spiro atoms. The van der Waals surface area contributed by atoms with Crippen molar-refractivity contribution < 1.29 is 19.4 Å². The Morgan fingerprint density at radius 2 is 2.16 bits per heavy atom. The van der Waals surface area contributed by atoms with E-state index in [1.807, 2.05) is 0 Å². The SMILES string of the molecule is CC(C)[C@H](NC(=O)N(C)CC1CCCOC1)C(=O)O. The largest absolute Gasteiger partial charge is 0.480 e. The van der Waals surface area contributed by atoms with Gasteiger partial charge >= 0.3 is 12.0 Å². The minimum Gasteiger partial charge on any atom is -0.480 e. The molecular formula is C13H24N2O4. The number of ether oxygens (including phenoxy) is 1. The number of amides is 2. The Kier molecular flexibility index (Phi) is 6.08. The van der Waals surface area contributed by atoms with E-state index in [-0.39, 0.29) is 11.9 Å². The first-order chi connectivity index (χ1) is 8.91. The van der Waals surface area contributed by atoms with E-state index in [1.165, 1.54) is 4.90 Å². The zero-order valence-corrected chi connectivity index (χ0v) is 11.9. The molecule has 0 aromatic carbocycles. The summed E-state index contributed by atoms with van der Waals surface area (Å²) < 4.78 is 5.37. The number of carboxylic acids is 1. The van der Waals surface area contributed by atoms with E-state index in [1.54, 1.807) is 20.9 Å². The van der Waals surface area contributed by atoms with Crippen LogP contribution in [0.4, 0.5) is 4.79 Å². The van der Waals surface area contributed by atoms with Crippen LogP contribution < -0.4 is 5.32 Å². The summed E-state index contributed by atoms with van der Waals surface area (Å²) in [6.07, 6.45) is 2.06. The highest BCUT2D eigenvalue weighted by molar-refractivity contribution is 5.82. The van der Waals surface area contributed by atoms with Crippen LogP contribution in [0.15, 0.2) is 0 Å². The Hall–Kier alpha value is -1.30. The van der Waals surface area contributed by atoms with Crippen molar-refractivity contribution >= 4 is 12.0 Å². The van der Waals surface area contributed by atoms with Gasteiger partial charge in [0.15, 0.2) is 0 Å². The van der Waals surface area contributed by atoms with Gasteiger partial charge in [-0.25, -0.2) is 9.59 Å². The standard InChI is InChI=1S/C13H24N2O4/c1-9(2)11(12(16)17)14-13(18)15(3)7-10-5-4-6-19-8-10/h9-11H,4-8H2,1-3H3,(H,14,18)(H,16,17)/t10?,11-/m0/s1. The van der Waals surface area contributed by atoms with E-state index in [9.17, 15) is 9.59 Å². The Bertz CT molecular complexity index is 314. The average molecular weight is 272 g/mol. The van der Waals surface area contributed by atoms with Crippen LogP contribution in [0.5, 0.6) is 0 Å². The van der Waals surface area contributed by atoms with Gasteiger partial charge in [0.25, 0.3) is 0 Å². The number of carbonyl (C=O) groups excluding carboxylic acids is 1. The molecule has 1 saturated heterocycles. The van der Waals surface area contributed by atoms with Gasteiger partial charge in [-0.1, -0.05) is 13.8 Å². The predicted molar refractivity (Wildman–Crippen MR) is 71.0 cm³/mol. The highest BCUT2D eigenvalue weighted by Gasteiger charge is 2.26. The number of carbonyl (C=O) groups is 2. The monoisotopic (exact) mass is 272 g/mol. The molecule has 6 nitrogen and oxygen atoms in total. The highest BCUT2D eigenvalue weighted by Crippen LogP contribution is 2.14. The number of nitrogens with zero attached hydrogens (tertiary/aromatic N) is 1. The molecule has 110 valence electrons. The summed E-state index contributed by atoms with van der Waals surface area (Å²) in [4.78, 5) is 24.5. The highest BCUT2D eigenvalue weighted by atomic mass is 16.5. The second-order valence-corrected chi connectivity index (χ2v) is 5.47. The lowest BCUT2D eigenvalue weighted by atomic mass is 10.0. The van der Waals surface area contributed by atoms with E-state index in [0.717, 1.165) is 19.4 Å². The Morgan fingerprint density at radius 1 is 1.47 bits per heavy atom. The second kappa shape index (κ2) is 7.33. The van der Waals surface area contributed by atoms with Gasteiger partial charge in [-0.2, -0.15) is 0 Å². The first-order valence-electron chi connectivity index (χ1n) is 6.74. The molecule has 6 heteroatoms. The fourth-order valence-corrected chi connectivity index (χ4v) is 2.18. The van der Waals surface area contributed by atoms with Crippen molar-refractivity contribution in [3.8, 4) is 0 Å². The summed E-state index contributed by atoms with van der Waals surface area (Å²) in [7, 11) is 1.68. The molecule has 19 heavy (non-hydrogen) atoms. The summed E-state index contributed by atoms with van der Waals surface area (Å²) in [5, 5.41) is 11.6. The van der Waals surface area contributed by atoms with Crippen LogP contribution in [0.1, 0.15) is 26.7 Å². The molecule has 1 aliphatic heterocycles. The molecule has 0 bridgehead atoms. The average Bonchev–Trinajstić information content (AvgIpc) is 2.35. The molecule has 1 aliphatic rings. The maximum absolute atomic E-state index is 11.9. The summed E-state index contributed by atoms with van der Waals surface area (Å²) in [6.45, 7) is 5.60. The first kappa shape index (κ1) is 15.8. The minimum atomic E-state index is -1.00. The van der Waals surface area contributed by atoms with Gasteiger partial charge in [-0.05, 0) is 18.8 Å². The predicted octanol–water partition coefficient (Wildman–Crippen LogP) is 1.16. The third-order valence-electron chi connectivity index (χ3n) is 3.35. The number of hydrogen-bond donors (Lipinski definition) is 2. The van der Waals surface area contributed by atoms with Gasteiger partial charge in [-0.3, -0.25) is 0 Å². The maximum Gasteiger partial charge on any atom is 0.326 e. The molecule has 2 amide bonds. The Morgan fingerprint density at radius 3 is 2.63 bits per heavy atom. The summed E-state index contributed by atoms with van der Waals surface area (Å²) >= 11 is 0. The van der Waals surface area contributed by atoms with Crippen LogP contribution >= 0.6 is 0 Å². The lowest BCUT2D eigenvalue weighted by Crippen LogP contribution is -2.50. The Balaban J connectivity index is 2.44. The number of hydrogen-bond acceptors (Lipinski definition) is 3. The molecule has 1 rings (SSSR count). The number of aliphatic carboxylic acids is 1. The van der Waals surface area contributed by atoms with Gasteiger partial charge in [0.1, 0.15) is 6.04 Å². The number of carboxylic acid groups (broad SMARTS) is 1. The van der Waals surface area contributed by atoms with Crippen LogP contribution in [-0.4, -0.2) is 54.9 Å². The third kappa shape index (κ3) is 5.06. The van der Waals surface area contributed by atoms with Gasteiger partial charge in [0, 0.05) is 26.1 Å². The number of nitrogens with one attached hydrogen (secondary N) is 1. The van der Waals surface area contributed by atoms with Crippen molar-refractivity contribution in [2.75, 3.05) is 26.8 Å². The summed E-state index contributed by atoms with van der Waals surface area (Å²) in [6, 6.07) is -1.19. The molecule has 0 aromatic heterocycles. The number of urea groups is 1. The fourth-order valence-electron chi connectivity index (χ4n) is 2.18. The Labute approximate surface area is 114 Å². The molecule has 1 heterocycles. The third-order valence-corrected chi connectivity index (χ3v) is 3.35. The van der Waals surface area contributed by atoms with Crippen LogP contribution in [0.3, 0.4) is 0 Å². The molecule has 2 N–H and O–H groups in total. The van der Waals surface area contributed by atoms with Crippen LogP contribution in [-0.2, 0) is 9.53 Å². The fraction of sp³-hybridized carbons (Fsp3) is 0.846. The molecule has 0 saturated carbocycles.